The van der Waals surface area contributed by atoms with Crippen LogP contribution in [0.2, 0.25) is 10.0 Å². The highest BCUT2D eigenvalue weighted by atomic mass is 35.5. The molecule has 5 rings (SSSR count). The molecule has 4 nitrogen and oxygen atoms in total. The molecule has 156 valence electrons. The first-order chi connectivity index (χ1) is 15.1. The Hall–Kier alpha value is -2.82. The number of amides is 1. The van der Waals surface area contributed by atoms with Crippen molar-refractivity contribution in [1.29, 1.82) is 0 Å². The summed E-state index contributed by atoms with van der Waals surface area (Å²) in [6.45, 7) is 1.64. The van der Waals surface area contributed by atoms with Gasteiger partial charge in [-0.05, 0) is 55.7 Å². The lowest BCUT2D eigenvalue weighted by atomic mass is 10.0. The van der Waals surface area contributed by atoms with Crippen LogP contribution in [0.25, 0.3) is 28.2 Å². The van der Waals surface area contributed by atoms with E-state index in [1.54, 1.807) is 0 Å². The molecule has 1 fully saturated rings. The van der Waals surface area contributed by atoms with Crippen LogP contribution in [0.3, 0.4) is 0 Å². The van der Waals surface area contributed by atoms with E-state index < -0.39 is 0 Å². The molecule has 1 aliphatic heterocycles. The highest BCUT2D eigenvalue weighted by molar-refractivity contribution is 6.31. The molecule has 0 bridgehead atoms. The standard InChI is InChI=1S/C25H21Cl2N3O/c26-20-9-4-17(5-10-20)23-24(18-6-11-21(27)12-7-18)30-16-19(8-13-22(30)28-23)25(31)29-14-2-1-3-15-29/h4-13,16H,1-3,14-15H2. The number of piperidine rings is 1. The van der Waals surface area contributed by atoms with Crippen LogP contribution >= 0.6 is 23.2 Å². The van der Waals surface area contributed by atoms with E-state index in [2.05, 4.69) is 0 Å². The summed E-state index contributed by atoms with van der Waals surface area (Å²) in [7, 11) is 0. The monoisotopic (exact) mass is 449 g/mol. The van der Waals surface area contributed by atoms with E-state index in [1.165, 1.54) is 6.42 Å². The van der Waals surface area contributed by atoms with Crippen LogP contribution in [-0.4, -0.2) is 33.3 Å². The number of hydrogen-bond acceptors (Lipinski definition) is 2. The number of nitrogens with zero attached hydrogens (tertiary/aromatic N) is 3. The molecule has 1 saturated heterocycles. The Morgan fingerprint density at radius 3 is 2.03 bits per heavy atom. The van der Waals surface area contributed by atoms with Crippen molar-refractivity contribution < 1.29 is 4.79 Å². The quantitative estimate of drug-likeness (QED) is 0.353. The van der Waals surface area contributed by atoms with Crippen LogP contribution < -0.4 is 0 Å². The molecule has 1 amide bonds. The third-order valence-electron chi connectivity index (χ3n) is 5.74. The molecule has 0 unspecified atom stereocenters. The minimum atomic E-state index is 0.0744. The van der Waals surface area contributed by atoms with Gasteiger partial charge >= 0.3 is 0 Å². The number of pyridine rings is 1. The third-order valence-corrected chi connectivity index (χ3v) is 6.25. The predicted molar refractivity (Wildman–Crippen MR) is 126 cm³/mol. The van der Waals surface area contributed by atoms with Gasteiger partial charge in [-0.3, -0.25) is 9.20 Å². The Labute approximate surface area is 191 Å². The lowest BCUT2D eigenvalue weighted by Gasteiger charge is -2.26. The van der Waals surface area contributed by atoms with E-state index in [4.69, 9.17) is 28.2 Å². The molecule has 0 saturated carbocycles. The van der Waals surface area contributed by atoms with Crippen molar-refractivity contribution in [3.05, 3.63) is 82.5 Å². The summed E-state index contributed by atoms with van der Waals surface area (Å²) in [6.07, 6.45) is 5.23. The van der Waals surface area contributed by atoms with E-state index in [-0.39, 0.29) is 5.91 Å². The first kappa shape index (κ1) is 20.1. The van der Waals surface area contributed by atoms with Gasteiger partial charge in [0.15, 0.2) is 0 Å². The predicted octanol–water partition coefficient (Wildman–Crippen LogP) is 6.60. The summed E-state index contributed by atoms with van der Waals surface area (Å²) in [4.78, 5) is 19.9. The number of likely N-dealkylation sites (tertiary alicyclic amines) is 1. The summed E-state index contributed by atoms with van der Waals surface area (Å²) in [5.74, 6) is 0.0744. The summed E-state index contributed by atoms with van der Waals surface area (Å²) in [5, 5.41) is 1.35. The van der Waals surface area contributed by atoms with Crippen LogP contribution in [0, 0.1) is 0 Å². The Morgan fingerprint density at radius 2 is 1.39 bits per heavy atom. The molecule has 4 aromatic rings. The van der Waals surface area contributed by atoms with Crippen LogP contribution in [0.1, 0.15) is 29.6 Å². The molecule has 2 aromatic carbocycles. The van der Waals surface area contributed by atoms with E-state index >= 15 is 0 Å². The zero-order chi connectivity index (χ0) is 21.4. The van der Waals surface area contributed by atoms with Crippen molar-refractivity contribution >= 4 is 34.8 Å². The average molecular weight is 450 g/mol. The van der Waals surface area contributed by atoms with Crippen LogP contribution in [-0.2, 0) is 0 Å². The van der Waals surface area contributed by atoms with Crippen molar-refractivity contribution in [3.63, 3.8) is 0 Å². The largest absolute Gasteiger partial charge is 0.339 e. The highest BCUT2D eigenvalue weighted by Crippen LogP contribution is 2.34. The van der Waals surface area contributed by atoms with Gasteiger partial charge in [0.05, 0.1) is 17.0 Å². The number of rotatable bonds is 3. The molecule has 0 spiro atoms. The second-order valence-electron chi connectivity index (χ2n) is 7.82. The Kier molecular flexibility index (Phi) is 5.43. The number of hydrogen-bond donors (Lipinski definition) is 0. The first-order valence-corrected chi connectivity index (χ1v) is 11.2. The second kappa shape index (κ2) is 8.37. The summed E-state index contributed by atoms with van der Waals surface area (Å²) < 4.78 is 2.00. The van der Waals surface area contributed by atoms with E-state index in [0.29, 0.717) is 15.6 Å². The highest BCUT2D eigenvalue weighted by Gasteiger charge is 2.21. The molecule has 0 radical (unpaired) electrons. The second-order valence-corrected chi connectivity index (χ2v) is 8.69. The lowest BCUT2D eigenvalue weighted by Crippen LogP contribution is -2.35. The van der Waals surface area contributed by atoms with Gasteiger partial charge in [-0.1, -0.05) is 47.5 Å². The number of aromatic nitrogens is 2. The molecule has 2 aromatic heterocycles. The molecule has 3 heterocycles. The maximum atomic E-state index is 13.1. The van der Waals surface area contributed by atoms with Gasteiger partial charge < -0.3 is 4.90 Å². The van der Waals surface area contributed by atoms with Crippen molar-refractivity contribution in [2.24, 2.45) is 0 Å². The van der Waals surface area contributed by atoms with Crippen molar-refractivity contribution in [2.75, 3.05) is 13.1 Å². The fourth-order valence-electron chi connectivity index (χ4n) is 4.14. The van der Waals surface area contributed by atoms with Crippen molar-refractivity contribution in [2.45, 2.75) is 19.3 Å². The molecule has 31 heavy (non-hydrogen) atoms. The number of halogens is 2. The molecular weight excluding hydrogens is 429 g/mol. The minimum absolute atomic E-state index is 0.0744. The Balaban J connectivity index is 1.67. The van der Waals surface area contributed by atoms with E-state index in [1.807, 2.05) is 76.2 Å². The fraction of sp³-hybridized carbons (Fsp3) is 0.200. The zero-order valence-corrected chi connectivity index (χ0v) is 18.4. The Morgan fingerprint density at radius 1 is 0.774 bits per heavy atom. The Bertz CT molecular complexity index is 1240. The fourth-order valence-corrected chi connectivity index (χ4v) is 4.40. The van der Waals surface area contributed by atoms with Crippen LogP contribution in [0.4, 0.5) is 0 Å². The summed E-state index contributed by atoms with van der Waals surface area (Å²) in [5.41, 5.74) is 5.14. The molecule has 0 atom stereocenters. The van der Waals surface area contributed by atoms with Crippen molar-refractivity contribution in [3.8, 4) is 22.5 Å². The van der Waals surface area contributed by atoms with Gasteiger partial charge in [-0.2, -0.15) is 0 Å². The molecule has 1 aliphatic rings. The lowest BCUT2D eigenvalue weighted by molar-refractivity contribution is 0.0724. The molecular formula is C25H21Cl2N3O. The average Bonchev–Trinajstić information content (AvgIpc) is 3.19. The number of imidazole rings is 1. The maximum Gasteiger partial charge on any atom is 0.255 e. The number of benzene rings is 2. The maximum absolute atomic E-state index is 13.1. The van der Waals surface area contributed by atoms with Gasteiger partial charge in [-0.25, -0.2) is 4.98 Å². The third kappa shape index (κ3) is 3.93. The molecule has 6 heteroatoms. The SMILES string of the molecule is O=C(c1ccc2nc(-c3ccc(Cl)cc3)c(-c3ccc(Cl)cc3)n2c1)N1CCCCC1. The number of fused-ring (bicyclic) bond motifs is 1. The smallest absolute Gasteiger partial charge is 0.255 e. The van der Waals surface area contributed by atoms with E-state index in [0.717, 1.165) is 54.1 Å². The van der Waals surface area contributed by atoms with Gasteiger partial charge in [0.1, 0.15) is 5.65 Å². The number of carbonyl (C=O) groups excluding carboxylic acids is 1. The van der Waals surface area contributed by atoms with E-state index in [9.17, 15) is 4.79 Å². The summed E-state index contributed by atoms with van der Waals surface area (Å²) in [6, 6.07) is 19.1. The van der Waals surface area contributed by atoms with Crippen LogP contribution in [0.5, 0.6) is 0 Å². The minimum Gasteiger partial charge on any atom is -0.339 e. The first-order valence-electron chi connectivity index (χ1n) is 10.4. The van der Waals surface area contributed by atoms with Gasteiger partial charge in [0.2, 0.25) is 0 Å². The van der Waals surface area contributed by atoms with Gasteiger partial charge in [-0.15, -0.1) is 0 Å². The van der Waals surface area contributed by atoms with Gasteiger partial charge in [0, 0.05) is 40.5 Å². The zero-order valence-electron chi connectivity index (χ0n) is 16.9. The molecule has 0 N–H and O–H groups in total. The topological polar surface area (TPSA) is 37.6 Å². The molecule has 0 aliphatic carbocycles. The number of carbonyl (C=O) groups is 1. The van der Waals surface area contributed by atoms with Gasteiger partial charge in [0.25, 0.3) is 5.91 Å². The summed E-state index contributed by atoms with van der Waals surface area (Å²) >= 11 is 12.2. The normalized spacial score (nSPS) is 14.2. The van der Waals surface area contributed by atoms with Crippen LogP contribution in [0.15, 0.2) is 66.9 Å². The van der Waals surface area contributed by atoms with Crippen molar-refractivity contribution in [1.82, 2.24) is 14.3 Å².